The third-order valence-corrected chi connectivity index (χ3v) is 7.45. The van der Waals surface area contributed by atoms with E-state index < -0.39 is 5.60 Å². The van der Waals surface area contributed by atoms with Crippen LogP contribution in [-0.4, -0.2) is 72.9 Å². The lowest BCUT2D eigenvalue weighted by Gasteiger charge is -2.38. The molecule has 1 N–H and O–H groups in total. The Morgan fingerprint density at radius 3 is 2.49 bits per heavy atom. The highest BCUT2D eigenvalue weighted by Gasteiger charge is 2.33. The van der Waals surface area contributed by atoms with Gasteiger partial charge < -0.3 is 24.2 Å². The van der Waals surface area contributed by atoms with Crippen molar-refractivity contribution in [2.24, 2.45) is 0 Å². The number of rotatable bonds is 11. The number of carbonyl (C=O) groups is 1. The van der Waals surface area contributed by atoms with Gasteiger partial charge in [0.1, 0.15) is 18.0 Å². The fourth-order valence-corrected chi connectivity index (χ4v) is 5.03. The van der Waals surface area contributed by atoms with Gasteiger partial charge >= 0.3 is 0 Å². The van der Waals surface area contributed by atoms with Gasteiger partial charge in [-0.1, -0.05) is 30.2 Å². The van der Waals surface area contributed by atoms with Crippen LogP contribution in [0.25, 0.3) is 0 Å². The molecule has 2 saturated heterocycles. The molecule has 4 rings (SSSR count). The normalized spacial score (nSPS) is 18.4. The van der Waals surface area contributed by atoms with Crippen LogP contribution in [0.5, 0.6) is 17.2 Å². The van der Waals surface area contributed by atoms with Crippen LogP contribution < -0.4 is 14.2 Å². The van der Waals surface area contributed by atoms with Gasteiger partial charge in [-0.15, -0.1) is 0 Å². The van der Waals surface area contributed by atoms with Crippen LogP contribution in [0, 0.1) is 6.92 Å². The van der Waals surface area contributed by atoms with Gasteiger partial charge in [-0.2, -0.15) is 0 Å². The lowest BCUT2D eigenvalue weighted by molar-refractivity contribution is -0.130. The lowest BCUT2D eigenvalue weighted by atomic mass is 9.92. The van der Waals surface area contributed by atoms with E-state index in [1.54, 1.807) is 7.11 Å². The van der Waals surface area contributed by atoms with Gasteiger partial charge in [-0.05, 0) is 68.9 Å². The van der Waals surface area contributed by atoms with E-state index in [1.165, 1.54) is 5.56 Å². The second-order valence-corrected chi connectivity index (χ2v) is 10.5. The monoisotopic (exact) mass is 510 g/mol. The average Bonchev–Trinajstić information content (AvgIpc) is 3.12. The highest BCUT2D eigenvalue weighted by molar-refractivity contribution is 5.76. The molecule has 0 saturated carbocycles. The zero-order valence-corrected chi connectivity index (χ0v) is 22.4. The Morgan fingerprint density at radius 1 is 0.946 bits per heavy atom. The third kappa shape index (κ3) is 8.11. The summed E-state index contributed by atoms with van der Waals surface area (Å²) in [7, 11) is 1.65. The van der Waals surface area contributed by atoms with Gasteiger partial charge in [0.25, 0.3) is 0 Å². The van der Waals surface area contributed by atoms with E-state index in [9.17, 15) is 9.90 Å². The zero-order valence-electron chi connectivity index (χ0n) is 22.4. The standard InChI is InChI=1S/C30H42N2O5/c1-24-8-11-26(12-9-24)37-23-30(34)14-18-31(19-15-30)22-25-10-13-27(35-2)28(21-25)36-20-6-17-32-16-5-3-4-7-29(32)33/h8-13,21,34H,3-7,14-20,22-23H2,1-2H3. The van der Waals surface area contributed by atoms with Gasteiger partial charge in [0.05, 0.1) is 13.7 Å². The Morgan fingerprint density at radius 2 is 1.73 bits per heavy atom. The summed E-state index contributed by atoms with van der Waals surface area (Å²) in [6, 6.07) is 14.0. The van der Waals surface area contributed by atoms with Crippen molar-refractivity contribution in [1.29, 1.82) is 0 Å². The summed E-state index contributed by atoms with van der Waals surface area (Å²) in [6.07, 6.45) is 6.06. The Bertz CT molecular complexity index is 1000. The van der Waals surface area contributed by atoms with E-state index in [2.05, 4.69) is 17.0 Å². The molecule has 2 aliphatic heterocycles. The number of benzene rings is 2. The molecule has 2 aromatic carbocycles. The predicted molar refractivity (Wildman–Crippen MR) is 144 cm³/mol. The molecule has 37 heavy (non-hydrogen) atoms. The zero-order chi connectivity index (χ0) is 26.1. The minimum absolute atomic E-state index is 0.271. The van der Waals surface area contributed by atoms with Crippen LogP contribution >= 0.6 is 0 Å². The van der Waals surface area contributed by atoms with Crippen molar-refractivity contribution in [3.05, 3.63) is 53.6 Å². The molecule has 0 unspecified atom stereocenters. The number of nitrogens with zero attached hydrogens (tertiary/aromatic N) is 2. The molecular formula is C30H42N2O5. The molecule has 2 aliphatic rings. The van der Waals surface area contributed by atoms with E-state index in [0.717, 1.165) is 81.2 Å². The predicted octanol–water partition coefficient (Wildman–Crippen LogP) is 4.58. The van der Waals surface area contributed by atoms with Crippen molar-refractivity contribution in [2.75, 3.05) is 46.5 Å². The lowest BCUT2D eigenvalue weighted by Crippen LogP contribution is -2.47. The van der Waals surface area contributed by atoms with Crippen LogP contribution in [-0.2, 0) is 11.3 Å². The quantitative estimate of drug-likeness (QED) is 0.446. The molecule has 2 fully saturated rings. The first-order chi connectivity index (χ1) is 17.9. The molecule has 0 radical (unpaired) electrons. The summed E-state index contributed by atoms with van der Waals surface area (Å²) in [6.45, 7) is 6.91. The van der Waals surface area contributed by atoms with Crippen LogP contribution in [0.2, 0.25) is 0 Å². The smallest absolute Gasteiger partial charge is 0.222 e. The van der Waals surface area contributed by atoms with Gasteiger partial charge in [0.2, 0.25) is 5.91 Å². The van der Waals surface area contributed by atoms with Crippen molar-refractivity contribution >= 4 is 5.91 Å². The summed E-state index contributed by atoms with van der Waals surface area (Å²) in [5.74, 6) is 2.52. The molecule has 1 amide bonds. The van der Waals surface area contributed by atoms with Crippen molar-refractivity contribution in [2.45, 2.75) is 64.0 Å². The number of ether oxygens (including phenoxy) is 3. The summed E-state index contributed by atoms with van der Waals surface area (Å²) in [5.41, 5.74) is 1.54. The number of aryl methyl sites for hydroxylation is 1. The van der Waals surface area contributed by atoms with E-state index >= 15 is 0 Å². The summed E-state index contributed by atoms with van der Waals surface area (Å²) in [4.78, 5) is 16.5. The Hall–Kier alpha value is -2.77. The summed E-state index contributed by atoms with van der Waals surface area (Å²) in [5, 5.41) is 11.0. The van der Waals surface area contributed by atoms with Gasteiger partial charge in [-0.25, -0.2) is 0 Å². The average molecular weight is 511 g/mol. The summed E-state index contributed by atoms with van der Waals surface area (Å²) < 4.78 is 17.5. The first-order valence-corrected chi connectivity index (χ1v) is 13.7. The number of piperidine rings is 1. The molecule has 2 heterocycles. The molecule has 0 spiro atoms. The highest BCUT2D eigenvalue weighted by Crippen LogP contribution is 2.30. The maximum absolute atomic E-state index is 12.2. The fourth-order valence-electron chi connectivity index (χ4n) is 5.03. The number of methoxy groups -OCH3 is 1. The second-order valence-electron chi connectivity index (χ2n) is 10.5. The van der Waals surface area contributed by atoms with Crippen LogP contribution in [0.15, 0.2) is 42.5 Å². The van der Waals surface area contributed by atoms with Crippen molar-refractivity contribution < 1.29 is 24.1 Å². The fraction of sp³-hybridized carbons (Fsp3) is 0.567. The first kappa shape index (κ1) is 27.3. The van der Waals surface area contributed by atoms with Gasteiger partial charge in [0, 0.05) is 39.1 Å². The molecular weight excluding hydrogens is 468 g/mol. The topological polar surface area (TPSA) is 71.5 Å². The van der Waals surface area contributed by atoms with E-state index in [1.807, 2.05) is 42.2 Å². The van der Waals surface area contributed by atoms with Gasteiger partial charge in [0.15, 0.2) is 11.5 Å². The molecule has 0 aromatic heterocycles. The Labute approximate surface area is 221 Å². The van der Waals surface area contributed by atoms with Gasteiger partial charge in [-0.3, -0.25) is 9.69 Å². The minimum atomic E-state index is -0.801. The van der Waals surface area contributed by atoms with Crippen LogP contribution in [0.4, 0.5) is 0 Å². The molecule has 202 valence electrons. The summed E-state index contributed by atoms with van der Waals surface area (Å²) >= 11 is 0. The Balaban J connectivity index is 1.23. The largest absolute Gasteiger partial charge is 0.493 e. The SMILES string of the molecule is COc1ccc(CN2CCC(O)(COc3ccc(C)cc3)CC2)cc1OCCCN1CCCCCC1=O. The highest BCUT2D eigenvalue weighted by atomic mass is 16.5. The van der Waals surface area contributed by atoms with Crippen LogP contribution in [0.3, 0.4) is 0 Å². The maximum atomic E-state index is 12.2. The van der Waals surface area contributed by atoms with Crippen molar-refractivity contribution in [1.82, 2.24) is 9.80 Å². The molecule has 2 aromatic rings. The van der Waals surface area contributed by atoms with Crippen molar-refractivity contribution in [3.63, 3.8) is 0 Å². The molecule has 7 nitrogen and oxygen atoms in total. The van der Waals surface area contributed by atoms with E-state index in [0.29, 0.717) is 32.5 Å². The Kier molecular flexibility index (Phi) is 9.69. The maximum Gasteiger partial charge on any atom is 0.222 e. The second kappa shape index (κ2) is 13.2. The number of likely N-dealkylation sites (tertiary alicyclic amines) is 2. The van der Waals surface area contributed by atoms with E-state index in [-0.39, 0.29) is 5.91 Å². The molecule has 0 atom stereocenters. The molecule has 0 aliphatic carbocycles. The number of carbonyl (C=O) groups excluding carboxylic acids is 1. The number of amides is 1. The molecule has 0 bridgehead atoms. The van der Waals surface area contributed by atoms with Crippen LogP contribution in [0.1, 0.15) is 56.1 Å². The van der Waals surface area contributed by atoms with Crippen molar-refractivity contribution in [3.8, 4) is 17.2 Å². The number of hydrogen-bond donors (Lipinski definition) is 1. The first-order valence-electron chi connectivity index (χ1n) is 13.7. The number of aliphatic hydroxyl groups is 1. The molecule has 7 heteroatoms. The third-order valence-electron chi connectivity index (χ3n) is 7.45. The number of hydrogen-bond acceptors (Lipinski definition) is 6. The minimum Gasteiger partial charge on any atom is -0.493 e. The van der Waals surface area contributed by atoms with E-state index in [4.69, 9.17) is 14.2 Å².